The van der Waals surface area contributed by atoms with Gasteiger partial charge in [-0.3, -0.25) is 28.8 Å². The molecule has 12 rings (SSSR count). The van der Waals surface area contributed by atoms with Crippen LogP contribution >= 0.6 is 0 Å². The summed E-state index contributed by atoms with van der Waals surface area (Å²) in [6.45, 7) is 17.3. The van der Waals surface area contributed by atoms with Crippen LogP contribution in [0.1, 0.15) is 142 Å². The van der Waals surface area contributed by atoms with E-state index in [1.54, 1.807) is 159 Å². The van der Waals surface area contributed by atoms with Crippen molar-refractivity contribution in [3.8, 4) is 46.0 Å². The van der Waals surface area contributed by atoms with E-state index in [1.807, 2.05) is 48.5 Å². The Hall–Kier alpha value is -14.8. The number of allylic oxidation sites excluding steroid dienone is 2. The van der Waals surface area contributed by atoms with E-state index in [0.717, 1.165) is 31.8 Å². The molecule has 2 aliphatic carbocycles. The maximum atomic E-state index is 12.4. The van der Waals surface area contributed by atoms with Crippen molar-refractivity contribution in [1.29, 1.82) is 0 Å². The topological polar surface area (TPSA) is 297 Å². The van der Waals surface area contributed by atoms with Crippen molar-refractivity contribution >= 4 is 71.3 Å². The Morgan fingerprint density at radius 2 is 0.517 bits per heavy atom. The Balaban J connectivity index is 0.000000179. The number of Topliss-reactive ketones (excluding diaryl/α,β-unsaturated/α-hetero) is 1. The zero-order valence-corrected chi connectivity index (χ0v) is 64.7. The van der Waals surface area contributed by atoms with Crippen molar-refractivity contribution in [1.82, 2.24) is 0 Å². The molecule has 0 saturated heterocycles. The molecule has 2 fully saturated rings. The molecule has 0 spiro atoms. The van der Waals surface area contributed by atoms with Gasteiger partial charge in [-0.05, 0) is 234 Å². The summed E-state index contributed by atoms with van der Waals surface area (Å²) in [6.07, 6.45) is 5.87. The lowest BCUT2D eigenvalue weighted by Gasteiger charge is -2.27. The van der Waals surface area contributed by atoms with Crippen molar-refractivity contribution in [2.75, 3.05) is 0 Å². The second-order valence-electron chi connectivity index (χ2n) is 27.0. The van der Waals surface area contributed by atoms with Gasteiger partial charge in [0.25, 0.3) is 0 Å². The summed E-state index contributed by atoms with van der Waals surface area (Å²) in [5.74, 6) is 1.36. The van der Waals surface area contributed by atoms with Crippen LogP contribution in [0.2, 0.25) is 0 Å². The quantitative estimate of drug-likeness (QED) is 0.0160. The zero-order valence-electron chi connectivity index (χ0n) is 64.7. The summed E-state index contributed by atoms with van der Waals surface area (Å²) < 4.78 is 51.6. The largest absolute Gasteiger partial charge is 0.519 e. The molecular weight excluding hydrogens is 1510 g/mol. The molecule has 0 atom stereocenters. The Morgan fingerprint density at radius 3 is 0.771 bits per heavy atom. The molecule has 22 heteroatoms. The summed E-state index contributed by atoms with van der Waals surface area (Å²) >= 11 is 0. The SMILES string of the molecule is C=C(C)C(=O)CC1CCC(OC(=O)Oc2ccc(C(=O)c3ccccc3)cc2)CC1.C=C(C)C(=O)Oc1ccc(OC(=O)Oc2ccc(C(=O)c3ccccc3)cc2)cc1.C=CC(=O)CC1CCC(OC(=O)Oc2ccc(C(=O)c3ccccc3)cc2)CC1.C=CC(=O)Oc1ccc(OC(=O)Oc2ccc(C(=O)c3ccccc3)cc2)cc1. The first-order valence-electron chi connectivity index (χ1n) is 37.6. The van der Waals surface area contributed by atoms with Crippen LogP contribution in [0.25, 0.3) is 0 Å². The number of hydrogen-bond donors (Lipinski definition) is 0. The number of hydrogen-bond acceptors (Lipinski definition) is 22. The Kier molecular flexibility index (Phi) is 32.9. The molecule has 0 amide bonds. The van der Waals surface area contributed by atoms with Gasteiger partial charge in [-0.15, -0.1) is 0 Å². The third-order valence-electron chi connectivity index (χ3n) is 18.2. The molecule has 0 heterocycles. The van der Waals surface area contributed by atoms with E-state index in [1.165, 1.54) is 78.9 Å². The van der Waals surface area contributed by atoms with E-state index in [0.29, 0.717) is 118 Å². The third kappa shape index (κ3) is 28.4. The molecule has 10 aromatic carbocycles. The van der Waals surface area contributed by atoms with E-state index >= 15 is 0 Å². The lowest BCUT2D eigenvalue weighted by molar-refractivity contribution is -0.130. The molecule has 0 N–H and O–H groups in total. The van der Waals surface area contributed by atoms with E-state index in [2.05, 4.69) is 26.3 Å². The number of carbonyl (C=O) groups is 12. The highest BCUT2D eigenvalue weighted by Crippen LogP contribution is 2.32. The van der Waals surface area contributed by atoms with E-state index in [4.69, 9.17) is 47.4 Å². The highest BCUT2D eigenvalue weighted by molar-refractivity contribution is 6.11. The smallest absolute Gasteiger partial charge is 0.431 e. The maximum Gasteiger partial charge on any atom is 0.519 e. The van der Waals surface area contributed by atoms with Crippen LogP contribution in [0.4, 0.5) is 19.2 Å². The molecule has 118 heavy (non-hydrogen) atoms. The van der Waals surface area contributed by atoms with E-state index in [9.17, 15) is 57.5 Å². The van der Waals surface area contributed by atoms with Crippen molar-refractivity contribution < 1.29 is 105 Å². The summed E-state index contributed by atoms with van der Waals surface area (Å²) in [7, 11) is 0. The lowest BCUT2D eigenvalue weighted by atomic mass is 9.83. The monoisotopic (exact) mass is 1590 g/mol. The van der Waals surface area contributed by atoms with Gasteiger partial charge in [0.15, 0.2) is 34.7 Å². The van der Waals surface area contributed by atoms with Crippen LogP contribution < -0.4 is 37.9 Å². The third-order valence-corrected chi connectivity index (χ3v) is 18.2. The zero-order chi connectivity index (χ0) is 84.3. The molecule has 22 nitrogen and oxygen atoms in total. The maximum absolute atomic E-state index is 12.4. The average Bonchev–Trinajstić information content (AvgIpc) is 0.856. The Morgan fingerprint density at radius 1 is 0.280 bits per heavy atom. The molecule has 600 valence electrons. The number of carbonyl (C=O) groups excluding carboxylic acids is 12. The van der Waals surface area contributed by atoms with Gasteiger partial charge in [0.1, 0.15) is 58.2 Å². The Labute approximate surface area is 681 Å². The highest BCUT2D eigenvalue weighted by atomic mass is 16.7. The van der Waals surface area contributed by atoms with Crippen LogP contribution in [0.3, 0.4) is 0 Å². The van der Waals surface area contributed by atoms with Crippen molar-refractivity contribution in [3.63, 3.8) is 0 Å². The molecule has 0 aliphatic heterocycles. The first-order chi connectivity index (χ1) is 56.9. The average molecular weight is 1590 g/mol. The van der Waals surface area contributed by atoms with Gasteiger partial charge >= 0.3 is 36.6 Å². The molecule has 2 aliphatic rings. The Bertz CT molecular complexity index is 5160. The summed E-state index contributed by atoms with van der Waals surface area (Å²) in [5, 5.41) is 0. The van der Waals surface area contributed by atoms with Gasteiger partial charge in [0, 0.05) is 69.0 Å². The highest BCUT2D eigenvalue weighted by Gasteiger charge is 2.28. The summed E-state index contributed by atoms with van der Waals surface area (Å²) in [5.41, 5.74) is 5.20. The number of ether oxygens (including phenoxy) is 10. The van der Waals surface area contributed by atoms with Crippen molar-refractivity contribution in [2.45, 2.75) is 90.3 Å². The van der Waals surface area contributed by atoms with Crippen LogP contribution in [0.15, 0.2) is 317 Å². The molecule has 0 bridgehead atoms. The molecule has 0 unspecified atom stereocenters. The van der Waals surface area contributed by atoms with Crippen LogP contribution in [-0.2, 0) is 28.7 Å². The van der Waals surface area contributed by atoms with Crippen molar-refractivity contribution in [2.24, 2.45) is 11.8 Å². The minimum atomic E-state index is -0.942. The molecule has 10 aromatic rings. The van der Waals surface area contributed by atoms with Gasteiger partial charge in [-0.25, -0.2) is 28.8 Å². The van der Waals surface area contributed by atoms with Crippen molar-refractivity contribution in [3.05, 3.63) is 361 Å². The van der Waals surface area contributed by atoms with E-state index in [-0.39, 0.29) is 81.2 Å². The van der Waals surface area contributed by atoms with Gasteiger partial charge in [-0.1, -0.05) is 148 Å². The first-order valence-corrected chi connectivity index (χ1v) is 37.6. The van der Waals surface area contributed by atoms with Gasteiger partial charge in [-0.2, -0.15) is 0 Å². The van der Waals surface area contributed by atoms with Gasteiger partial charge in [0.2, 0.25) is 0 Å². The summed E-state index contributed by atoms with van der Waals surface area (Å²) in [4.78, 5) is 143. The number of ketones is 6. The molecular formula is C96H84O22. The van der Waals surface area contributed by atoms with Crippen LogP contribution in [-0.4, -0.2) is 83.5 Å². The summed E-state index contributed by atoms with van der Waals surface area (Å²) in [6, 6.07) is 72.6. The number of benzene rings is 10. The van der Waals surface area contributed by atoms with Gasteiger partial charge in [0.05, 0.1) is 0 Å². The minimum absolute atomic E-state index is 0.0583. The van der Waals surface area contributed by atoms with E-state index < -0.39 is 36.6 Å². The predicted octanol–water partition coefficient (Wildman–Crippen LogP) is 20.2. The lowest BCUT2D eigenvalue weighted by Crippen LogP contribution is -2.27. The second kappa shape index (κ2) is 44.6. The first kappa shape index (κ1) is 87.2. The minimum Gasteiger partial charge on any atom is -0.431 e. The molecule has 2 saturated carbocycles. The fourth-order valence-corrected chi connectivity index (χ4v) is 11.9. The predicted molar refractivity (Wildman–Crippen MR) is 438 cm³/mol. The van der Waals surface area contributed by atoms with Gasteiger partial charge < -0.3 is 47.4 Å². The normalized spacial score (nSPS) is 14.2. The molecule has 0 aromatic heterocycles. The standard InChI is InChI=1S/C25H26O5.C24H18O6.C24H24O5.C23H16O6/c1-17(2)23(26)16-18-8-12-21(13-9-18)29-25(28)30-22-14-10-20(11-15-22)24(27)19-6-4-3-5-7-19;1-16(2)23(26)28-19-12-14-21(15-13-19)30-24(27)29-20-10-8-18(9-11-20)22(25)17-6-4-3-5-7-17;1-2-20(25)16-17-8-12-21(13-9-17)28-24(27)29-22-14-10-19(11-15-22)23(26)18-6-4-3-5-7-18;1-2-21(24)27-18-12-14-20(15-13-18)29-23(26)28-19-10-8-17(9-11-19)22(25)16-6-4-3-5-7-16/h3-7,10-11,14-15,18,21H,1,8-9,12-13,16H2,2H3;3-15H,1H2,2H3;2-7,10-11,14-15,17,21H,1,8-9,12-13,16H2;2-15H,1H2. The van der Waals surface area contributed by atoms with Crippen LogP contribution in [0.5, 0.6) is 46.0 Å². The fraction of sp³-hybridized carbons (Fsp3) is 0.167. The number of rotatable bonds is 26. The fourth-order valence-electron chi connectivity index (χ4n) is 11.9. The number of esters is 2. The van der Waals surface area contributed by atoms with Crippen LogP contribution in [0, 0.1) is 11.8 Å². The molecule has 0 radical (unpaired) electrons. The second-order valence-corrected chi connectivity index (χ2v) is 27.0.